The number of aromatic nitrogens is 1. The van der Waals surface area contributed by atoms with Gasteiger partial charge >= 0.3 is 0 Å². The topological polar surface area (TPSA) is 95.0 Å². The molecule has 0 saturated carbocycles. The number of amides is 1. The fraction of sp³-hybridized carbons (Fsp3) is 0.0714. The van der Waals surface area contributed by atoms with Crippen LogP contribution in [-0.4, -0.2) is 17.9 Å². The zero-order chi connectivity index (χ0) is 14.5. The summed E-state index contributed by atoms with van der Waals surface area (Å²) in [6, 6.07) is 12.0. The summed E-state index contributed by atoms with van der Waals surface area (Å²) in [5.74, 6) is 5.50. The van der Waals surface area contributed by atoms with Gasteiger partial charge in [0, 0.05) is 24.5 Å². The van der Waals surface area contributed by atoms with Crippen molar-refractivity contribution in [3.05, 3.63) is 53.7 Å². The molecule has 0 aliphatic heterocycles. The van der Waals surface area contributed by atoms with Crippen molar-refractivity contribution >= 4 is 17.4 Å². The zero-order valence-electron chi connectivity index (χ0n) is 10.9. The second kappa shape index (κ2) is 5.82. The average Bonchev–Trinajstić information content (AvgIpc) is 2.53. The predicted molar refractivity (Wildman–Crippen MR) is 75.9 cm³/mol. The molecule has 6 nitrogen and oxygen atoms in total. The van der Waals surface area contributed by atoms with Crippen LogP contribution in [0.15, 0.2) is 42.6 Å². The number of hydrogen-bond acceptors (Lipinski definition) is 5. The molecule has 0 atom stereocenters. The quantitative estimate of drug-likeness (QED) is 0.649. The first-order valence-electron chi connectivity index (χ1n) is 5.86. The van der Waals surface area contributed by atoms with E-state index in [9.17, 15) is 4.79 Å². The number of nitrogens with one attached hydrogen (secondary N) is 1. The lowest BCUT2D eigenvalue weighted by atomic mass is 10.2. The third-order valence-electron chi connectivity index (χ3n) is 2.84. The Labute approximate surface area is 116 Å². The molecule has 1 heterocycles. The Bertz CT molecular complexity index is 660. The molecule has 6 heteroatoms. The first-order valence-corrected chi connectivity index (χ1v) is 5.86. The Hall–Kier alpha value is -2.91. The van der Waals surface area contributed by atoms with E-state index in [4.69, 9.17) is 11.1 Å². The van der Waals surface area contributed by atoms with Gasteiger partial charge in [-0.3, -0.25) is 4.79 Å². The van der Waals surface area contributed by atoms with Crippen molar-refractivity contribution in [3.8, 4) is 6.07 Å². The summed E-state index contributed by atoms with van der Waals surface area (Å²) in [6.07, 6.45) is 1.51. The molecule has 0 unspecified atom stereocenters. The van der Waals surface area contributed by atoms with Crippen LogP contribution in [0.25, 0.3) is 0 Å². The fourth-order valence-electron chi connectivity index (χ4n) is 1.71. The van der Waals surface area contributed by atoms with Crippen molar-refractivity contribution in [1.29, 1.82) is 5.26 Å². The second-order valence-corrected chi connectivity index (χ2v) is 4.10. The number of benzene rings is 1. The molecular weight excluding hydrogens is 254 g/mol. The number of nitrogens with two attached hydrogens (primary N) is 1. The number of nitrogens with zero attached hydrogens (tertiary/aromatic N) is 3. The fourth-order valence-corrected chi connectivity index (χ4v) is 1.71. The standard InChI is InChI=1S/C14H13N5O/c1-19(12-4-2-10(9-15)3-5-12)14(20)11-6-7-17-13(8-11)18-16/h2-8H,16H2,1H3,(H,17,18). The van der Waals surface area contributed by atoms with Crippen LogP contribution in [0.5, 0.6) is 0 Å². The Kier molecular flexibility index (Phi) is 3.93. The van der Waals surface area contributed by atoms with Crippen LogP contribution in [0.2, 0.25) is 0 Å². The minimum absolute atomic E-state index is 0.186. The number of nitrogen functional groups attached to an aromatic ring is 1. The van der Waals surface area contributed by atoms with Gasteiger partial charge in [0.15, 0.2) is 0 Å². The van der Waals surface area contributed by atoms with Gasteiger partial charge in [-0.25, -0.2) is 10.8 Å². The summed E-state index contributed by atoms with van der Waals surface area (Å²) >= 11 is 0. The van der Waals surface area contributed by atoms with E-state index in [0.717, 1.165) is 0 Å². The Morgan fingerprint density at radius 3 is 2.65 bits per heavy atom. The van der Waals surface area contributed by atoms with Gasteiger partial charge in [-0.15, -0.1) is 0 Å². The molecule has 1 aromatic heterocycles. The monoisotopic (exact) mass is 267 g/mol. The number of anilines is 2. The third kappa shape index (κ3) is 2.74. The number of hydrogen-bond donors (Lipinski definition) is 2. The Balaban J connectivity index is 2.25. The molecule has 0 aliphatic carbocycles. The van der Waals surface area contributed by atoms with Crippen molar-refractivity contribution in [2.24, 2.45) is 5.84 Å². The van der Waals surface area contributed by atoms with E-state index in [1.165, 1.54) is 11.1 Å². The van der Waals surface area contributed by atoms with Crippen molar-refractivity contribution in [1.82, 2.24) is 4.98 Å². The Morgan fingerprint density at radius 2 is 2.05 bits per heavy atom. The summed E-state index contributed by atoms with van der Waals surface area (Å²) < 4.78 is 0. The van der Waals surface area contributed by atoms with Gasteiger partial charge in [-0.05, 0) is 36.4 Å². The van der Waals surface area contributed by atoms with Crippen LogP contribution >= 0.6 is 0 Å². The van der Waals surface area contributed by atoms with Crippen molar-refractivity contribution < 1.29 is 4.79 Å². The number of hydrazine groups is 1. The van der Waals surface area contributed by atoms with Gasteiger partial charge in [-0.1, -0.05) is 0 Å². The van der Waals surface area contributed by atoms with Gasteiger partial charge in [0.2, 0.25) is 0 Å². The lowest BCUT2D eigenvalue weighted by Gasteiger charge is -2.17. The molecule has 0 radical (unpaired) electrons. The molecule has 3 N–H and O–H groups in total. The number of carbonyl (C=O) groups excluding carboxylic acids is 1. The first-order chi connectivity index (χ1) is 9.65. The van der Waals surface area contributed by atoms with Crippen LogP contribution in [0.3, 0.4) is 0 Å². The zero-order valence-corrected chi connectivity index (χ0v) is 10.9. The van der Waals surface area contributed by atoms with Crippen molar-refractivity contribution in [2.45, 2.75) is 0 Å². The lowest BCUT2D eigenvalue weighted by Crippen LogP contribution is -2.26. The minimum atomic E-state index is -0.186. The van der Waals surface area contributed by atoms with Gasteiger partial charge in [0.25, 0.3) is 5.91 Å². The average molecular weight is 267 g/mol. The summed E-state index contributed by atoms with van der Waals surface area (Å²) in [5, 5.41) is 8.76. The summed E-state index contributed by atoms with van der Waals surface area (Å²) in [6.45, 7) is 0. The minimum Gasteiger partial charge on any atom is -0.311 e. The molecule has 1 aromatic carbocycles. The molecular formula is C14H13N5O. The van der Waals surface area contributed by atoms with Gasteiger partial charge in [0.05, 0.1) is 11.6 Å². The molecule has 0 bridgehead atoms. The normalized spacial score (nSPS) is 9.65. The lowest BCUT2D eigenvalue weighted by molar-refractivity contribution is 0.0993. The summed E-state index contributed by atoms with van der Waals surface area (Å²) in [7, 11) is 1.67. The molecule has 1 amide bonds. The maximum absolute atomic E-state index is 12.3. The SMILES string of the molecule is CN(C(=O)c1ccnc(NN)c1)c1ccc(C#N)cc1. The van der Waals surface area contributed by atoms with Crippen LogP contribution in [0, 0.1) is 11.3 Å². The summed E-state index contributed by atoms with van der Waals surface area (Å²) in [5.41, 5.74) is 4.12. The Morgan fingerprint density at radius 1 is 1.35 bits per heavy atom. The van der Waals surface area contributed by atoms with E-state index in [1.54, 1.807) is 43.4 Å². The van der Waals surface area contributed by atoms with E-state index in [0.29, 0.717) is 22.6 Å². The number of pyridine rings is 1. The van der Waals surface area contributed by atoms with E-state index in [1.807, 2.05) is 6.07 Å². The molecule has 100 valence electrons. The number of nitriles is 1. The number of rotatable bonds is 3. The highest BCUT2D eigenvalue weighted by atomic mass is 16.2. The highest BCUT2D eigenvalue weighted by Gasteiger charge is 2.14. The van der Waals surface area contributed by atoms with Crippen molar-refractivity contribution in [2.75, 3.05) is 17.4 Å². The molecule has 0 aliphatic rings. The van der Waals surface area contributed by atoms with Crippen LogP contribution in [0.1, 0.15) is 15.9 Å². The van der Waals surface area contributed by atoms with Crippen LogP contribution < -0.4 is 16.2 Å². The van der Waals surface area contributed by atoms with E-state index < -0.39 is 0 Å². The molecule has 2 rings (SSSR count). The molecule has 0 spiro atoms. The van der Waals surface area contributed by atoms with Gasteiger partial charge in [0.1, 0.15) is 5.82 Å². The predicted octanol–water partition coefficient (Wildman–Crippen LogP) is 1.52. The smallest absolute Gasteiger partial charge is 0.258 e. The van der Waals surface area contributed by atoms with Gasteiger partial charge < -0.3 is 10.3 Å². The van der Waals surface area contributed by atoms with Crippen LogP contribution in [-0.2, 0) is 0 Å². The molecule has 2 aromatic rings. The van der Waals surface area contributed by atoms with E-state index in [-0.39, 0.29) is 5.91 Å². The maximum atomic E-state index is 12.3. The number of carbonyl (C=O) groups is 1. The summed E-state index contributed by atoms with van der Waals surface area (Å²) in [4.78, 5) is 17.8. The molecule has 0 saturated heterocycles. The van der Waals surface area contributed by atoms with Crippen molar-refractivity contribution in [3.63, 3.8) is 0 Å². The first kappa shape index (κ1) is 13.5. The molecule has 20 heavy (non-hydrogen) atoms. The van der Waals surface area contributed by atoms with Gasteiger partial charge in [-0.2, -0.15) is 5.26 Å². The second-order valence-electron chi connectivity index (χ2n) is 4.10. The molecule has 0 fully saturated rings. The third-order valence-corrected chi connectivity index (χ3v) is 2.84. The maximum Gasteiger partial charge on any atom is 0.258 e. The highest BCUT2D eigenvalue weighted by Crippen LogP contribution is 2.17. The van der Waals surface area contributed by atoms with E-state index >= 15 is 0 Å². The van der Waals surface area contributed by atoms with E-state index in [2.05, 4.69) is 10.4 Å². The largest absolute Gasteiger partial charge is 0.311 e. The highest BCUT2D eigenvalue weighted by molar-refractivity contribution is 6.06. The van der Waals surface area contributed by atoms with Crippen LogP contribution in [0.4, 0.5) is 11.5 Å².